The molecule has 0 aliphatic heterocycles. The molecule has 33 heavy (non-hydrogen) atoms. The minimum absolute atomic E-state index is 0.100. The van der Waals surface area contributed by atoms with Crippen molar-refractivity contribution in [2.75, 3.05) is 18.9 Å². The Labute approximate surface area is 198 Å². The van der Waals surface area contributed by atoms with Gasteiger partial charge in [0.2, 0.25) is 0 Å². The van der Waals surface area contributed by atoms with Crippen LogP contribution >= 0.6 is 11.6 Å². The van der Waals surface area contributed by atoms with Crippen LogP contribution in [0.3, 0.4) is 0 Å². The van der Waals surface area contributed by atoms with Gasteiger partial charge in [0.15, 0.2) is 23.1 Å². The first kappa shape index (κ1) is 23.2. The standard InChI is InChI=1S/C24H25ClN2O5S/c1-15-18(25)7-5-9-23(15)33(28,29)27-24-22(13-17-6-4-8-19(17)26-24)32-14-16-10-11-20(30-2)21(12-16)31-3/h5,7,9-13H,4,6,8,14H2,1-3H3,(H,26,27). The Balaban J connectivity index is 1.65. The van der Waals surface area contributed by atoms with Crippen molar-refractivity contribution in [2.45, 2.75) is 37.7 Å². The summed E-state index contributed by atoms with van der Waals surface area (Å²) in [6, 6.07) is 12.1. The molecule has 4 rings (SSSR count). The zero-order valence-corrected chi connectivity index (χ0v) is 20.2. The molecule has 0 radical (unpaired) electrons. The average Bonchev–Trinajstić information content (AvgIpc) is 3.25. The highest BCUT2D eigenvalue weighted by Crippen LogP contribution is 2.34. The lowest BCUT2D eigenvalue weighted by molar-refractivity contribution is 0.304. The Kier molecular flexibility index (Phi) is 6.67. The first-order chi connectivity index (χ1) is 15.8. The van der Waals surface area contributed by atoms with Crippen LogP contribution in [0, 0.1) is 6.92 Å². The second-order valence-corrected chi connectivity index (χ2v) is 9.80. The van der Waals surface area contributed by atoms with Gasteiger partial charge in [0.1, 0.15) is 6.61 Å². The van der Waals surface area contributed by atoms with Crippen molar-refractivity contribution in [3.8, 4) is 17.2 Å². The topological polar surface area (TPSA) is 86.8 Å². The normalized spacial score (nSPS) is 12.8. The monoisotopic (exact) mass is 488 g/mol. The van der Waals surface area contributed by atoms with Crippen molar-refractivity contribution in [2.24, 2.45) is 0 Å². The van der Waals surface area contributed by atoms with E-state index in [-0.39, 0.29) is 17.3 Å². The SMILES string of the molecule is COc1ccc(COc2cc3c(nc2NS(=O)(=O)c2cccc(Cl)c2C)CCC3)cc1OC. The molecular weight excluding hydrogens is 464 g/mol. The number of aryl methyl sites for hydroxylation is 2. The summed E-state index contributed by atoms with van der Waals surface area (Å²) in [7, 11) is -0.782. The predicted octanol–water partition coefficient (Wildman–Crippen LogP) is 4.93. The fourth-order valence-corrected chi connectivity index (χ4v) is 5.34. The number of ether oxygens (including phenoxy) is 3. The van der Waals surface area contributed by atoms with Gasteiger partial charge in [0, 0.05) is 10.7 Å². The Hall–Kier alpha value is -2.97. The minimum atomic E-state index is -3.92. The van der Waals surface area contributed by atoms with Crippen molar-refractivity contribution in [1.82, 2.24) is 4.98 Å². The summed E-state index contributed by atoms with van der Waals surface area (Å²) in [5.74, 6) is 1.73. The summed E-state index contributed by atoms with van der Waals surface area (Å²) in [5, 5.41) is 0.379. The van der Waals surface area contributed by atoms with Crippen LogP contribution in [0.25, 0.3) is 0 Å². The van der Waals surface area contributed by atoms with Gasteiger partial charge in [-0.1, -0.05) is 23.7 Å². The van der Waals surface area contributed by atoms with Gasteiger partial charge in [0.25, 0.3) is 10.0 Å². The van der Waals surface area contributed by atoms with Gasteiger partial charge >= 0.3 is 0 Å². The highest BCUT2D eigenvalue weighted by molar-refractivity contribution is 7.92. The molecule has 0 bridgehead atoms. The predicted molar refractivity (Wildman–Crippen MR) is 127 cm³/mol. The maximum atomic E-state index is 13.2. The number of aromatic nitrogens is 1. The molecule has 174 valence electrons. The third kappa shape index (κ3) is 4.86. The number of benzene rings is 2. The molecule has 3 aromatic rings. The number of hydrogen-bond acceptors (Lipinski definition) is 6. The number of halogens is 1. The molecule has 9 heteroatoms. The summed E-state index contributed by atoms with van der Waals surface area (Å²) in [5.41, 5.74) is 3.27. The minimum Gasteiger partial charge on any atom is -0.493 e. The van der Waals surface area contributed by atoms with Crippen LogP contribution < -0.4 is 18.9 Å². The molecule has 1 N–H and O–H groups in total. The summed E-state index contributed by atoms with van der Waals surface area (Å²) in [4.78, 5) is 4.70. The van der Waals surface area contributed by atoms with E-state index < -0.39 is 10.0 Å². The van der Waals surface area contributed by atoms with Crippen LogP contribution in [-0.4, -0.2) is 27.6 Å². The van der Waals surface area contributed by atoms with Crippen LogP contribution in [0.15, 0.2) is 47.4 Å². The average molecular weight is 489 g/mol. The van der Waals surface area contributed by atoms with Crippen molar-refractivity contribution in [3.63, 3.8) is 0 Å². The summed E-state index contributed by atoms with van der Waals surface area (Å²) >= 11 is 6.14. The zero-order valence-electron chi connectivity index (χ0n) is 18.6. The van der Waals surface area contributed by atoms with E-state index in [4.69, 9.17) is 25.8 Å². The molecule has 7 nitrogen and oxygen atoms in total. The van der Waals surface area contributed by atoms with E-state index >= 15 is 0 Å². The summed E-state index contributed by atoms with van der Waals surface area (Å²) < 4.78 is 45.6. The van der Waals surface area contributed by atoms with Crippen molar-refractivity contribution >= 4 is 27.4 Å². The lowest BCUT2D eigenvalue weighted by Gasteiger charge is -2.16. The van der Waals surface area contributed by atoms with Gasteiger partial charge in [-0.2, -0.15) is 0 Å². The molecule has 0 saturated heterocycles. The largest absolute Gasteiger partial charge is 0.493 e. The summed E-state index contributed by atoms with van der Waals surface area (Å²) in [6.45, 7) is 1.87. The molecule has 1 heterocycles. The number of fused-ring (bicyclic) bond motifs is 1. The molecule has 0 fully saturated rings. The molecular formula is C24H25ClN2O5S. The highest BCUT2D eigenvalue weighted by Gasteiger charge is 2.24. The van der Waals surface area contributed by atoms with Crippen LogP contribution in [0.4, 0.5) is 5.82 Å². The van der Waals surface area contributed by atoms with E-state index in [9.17, 15) is 8.42 Å². The lowest BCUT2D eigenvalue weighted by atomic mass is 10.2. The van der Waals surface area contributed by atoms with E-state index in [1.54, 1.807) is 39.3 Å². The van der Waals surface area contributed by atoms with Gasteiger partial charge in [-0.05, 0) is 73.2 Å². The molecule has 0 amide bonds. The first-order valence-corrected chi connectivity index (χ1v) is 12.3. The van der Waals surface area contributed by atoms with Crippen LogP contribution in [0.5, 0.6) is 17.2 Å². The maximum Gasteiger partial charge on any atom is 0.263 e. The number of sulfonamides is 1. The van der Waals surface area contributed by atoms with Crippen molar-refractivity contribution in [3.05, 3.63) is 69.9 Å². The Bertz CT molecular complexity index is 1290. The molecule has 0 spiro atoms. The van der Waals surface area contributed by atoms with Gasteiger partial charge in [-0.3, -0.25) is 4.72 Å². The number of rotatable bonds is 8. The van der Waals surface area contributed by atoms with Gasteiger partial charge in [0.05, 0.1) is 19.1 Å². The van der Waals surface area contributed by atoms with Gasteiger partial charge < -0.3 is 14.2 Å². The number of pyridine rings is 1. The quantitative estimate of drug-likeness (QED) is 0.484. The van der Waals surface area contributed by atoms with Crippen LogP contribution in [-0.2, 0) is 29.5 Å². The number of hydrogen-bond donors (Lipinski definition) is 1. The number of anilines is 1. The molecule has 1 aliphatic rings. The van der Waals surface area contributed by atoms with E-state index in [0.29, 0.717) is 27.8 Å². The molecule has 2 aromatic carbocycles. The van der Waals surface area contributed by atoms with E-state index in [0.717, 1.165) is 36.1 Å². The lowest BCUT2D eigenvalue weighted by Crippen LogP contribution is -2.17. The third-order valence-electron chi connectivity index (χ3n) is 5.60. The molecule has 0 unspecified atom stereocenters. The number of methoxy groups -OCH3 is 2. The van der Waals surface area contributed by atoms with E-state index in [2.05, 4.69) is 9.71 Å². The van der Waals surface area contributed by atoms with Crippen molar-refractivity contribution in [1.29, 1.82) is 0 Å². The Morgan fingerprint density at radius 2 is 1.82 bits per heavy atom. The second-order valence-electron chi connectivity index (χ2n) is 7.74. The van der Waals surface area contributed by atoms with Crippen molar-refractivity contribution < 1.29 is 22.6 Å². The second kappa shape index (κ2) is 9.49. The van der Waals surface area contributed by atoms with E-state index in [1.165, 1.54) is 6.07 Å². The highest BCUT2D eigenvalue weighted by atomic mass is 35.5. The number of nitrogens with one attached hydrogen (secondary N) is 1. The van der Waals surface area contributed by atoms with E-state index in [1.807, 2.05) is 18.2 Å². The number of nitrogens with zero attached hydrogens (tertiary/aromatic N) is 1. The Morgan fingerprint density at radius 1 is 1.03 bits per heavy atom. The van der Waals surface area contributed by atoms with Gasteiger partial charge in [-0.15, -0.1) is 0 Å². The van der Waals surface area contributed by atoms with Gasteiger partial charge in [-0.25, -0.2) is 13.4 Å². The smallest absolute Gasteiger partial charge is 0.263 e. The molecule has 1 aromatic heterocycles. The van der Waals surface area contributed by atoms with Crippen LogP contribution in [0.2, 0.25) is 5.02 Å². The Morgan fingerprint density at radius 3 is 2.58 bits per heavy atom. The fraction of sp³-hybridized carbons (Fsp3) is 0.292. The molecule has 0 atom stereocenters. The molecule has 0 saturated carbocycles. The zero-order chi connectivity index (χ0) is 23.6. The summed E-state index contributed by atoms with van der Waals surface area (Å²) in [6.07, 6.45) is 2.66. The third-order valence-corrected chi connectivity index (χ3v) is 7.49. The van der Waals surface area contributed by atoms with Crippen LogP contribution in [0.1, 0.15) is 28.8 Å². The fourth-order valence-electron chi connectivity index (χ4n) is 3.83. The first-order valence-electron chi connectivity index (χ1n) is 10.5. The molecule has 1 aliphatic carbocycles. The maximum absolute atomic E-state index is 13.2.